The number of benzene rings is 1. The van der Waals surface area contributed by atoms with Gasteiger partial charge in [-0.15, -0.1) is 0 Å². The first kappa shape index (κ1) is 9.45. The molecule has 0 spiro atoms. The van der Waals surface area contributed by atoms with E-state index in [1.165, 1.54) is 12.3 Å². The van der Waals surface area contributed by atoms with Crippen molar-refractivity contribution in [2.45, 2.75) is 0 Å². The van der Waals surface area contributed by atoms with Crippen molar-refractivity contribution in [2.75, 3.05) is 0 Å². The van der Waals surface area contributed by atoms with Crippen LogP contribution in [0.2, 0.25) is 0 Å². The molecular formula is C11H10N2O2. The second-order valence-corrected chi connectivity index (χ2v) is 3.26. The summed E-state index contributed by atoms with van der Waals surface area (Å²) in [5, 5.41) is 12.3. The van der Waals surface area contributed by atoms with Gasteiger partial charge in [-0.1, -0.05) is 23.4 Å². The van der Waals surface area contributed by atoms with E-state index in [1.54, 1.807) is 11.6 Å². The van der Waals surface area contributed by atoms with Crippen molar-refractivity contribution in [2.24, 2.45) is 12.2 Å². The summed E-state index contributed by atoms with van der Waals surface area (Å²) in [6.45, 7) is 0. The van der Waals surface area contributed by atoms with E-state index in [4.69, 9.17) is 5.21 Å². The zero-order chi connectivity index (χ0) is 10.8. The van der Waals surface area contributed by atoms with Crippen LogP contribution in [0.25, 0.3) is 10.9 Å². The first-order valence-corrected chi connectivity index (χ1v) is 4.50. The lowest BCUT2D eigenvalue weighted by Crippen LogP contribution is -2.17. The highest BCUT2D eigenvalue weighted by molar-refractivity contribution is 5.97. The van der Waals surface area contributed by atoms with Crippen molar-refractivity contribution in [1.82, 2.24) is 4.57 Å². The van der Waals surface area contributed by atoms with Crippen molar-refractivity contribution in [3.63, 3.8) is 0 Å². The third kappa shape index (κ3) is 1.50. The van der Waals surface area contributed by atoms with Gasteiger partial charge in [0.1, 0.15) is 0 Å². The van der Waals surface area contributed by atoms with Gasteiger partial charge in [-0.2, -0.15) is 0 Å². The highest BCUT2D eigenvalue weighted by atomic mass is 16.4. The maximum absolute atomic E-state index is 11.5. The Balaban J connectivity index is 2.94. The van der Waals surface area contributed by atoms with Crippen LogP contribution in [0, 0.1) is 0 Å². The second kappa shape index (κ2) is 3.57. The lowest BCUT2D eigenvalue weighted by Gasteiger charge is -2.06. The molecule has 4 nitrogen and oxygen atoms in total. The Morgan fingerprint density at radius 1 is 1.40 bits per heavy atom. The largest absolute Gasteiger partial charge is 0.411 e. The third-order valence-corrected chi connectivity index (χ3v) is 2.38. The highest BCUT2D eigenvalue weighted by Crippen LogP contribution is 2.14. The van der Waals surface area contributed by atoms with Crippen molar-refractivity contribution >= 4 is 17.1 Å². The summed E-state index contributed by atoms with van der Waals surface area (Å²) in [7, 11) is 1.71. The number of hydrogen-bond donors (Lipinski definition) is 1. The Bertz CT molecular complexity index is 585. The van der Waals surface area contributed by atoms with Gasteiger partial charge >= 0.3 is 0 Å². The maximum atomic E-state index is 11.5. The van der Waals surface area contributed by atoms with Crippen LogP contribution >= 0.6 is 0 Å². The molecule has 0 aliphatic carbocycles. The Hall–Kier alpha value is -2.10. The molecule has 2 rings (SSSR count). The van der Waals surface area contributed by atoms with E-state index in [0.717, 1.165) is 10.9 Å². The lowest BCUT2D eigenvalue weighted by atomic mass is 10.1. The van der Waals surface area contributed by atoms with Gasteiger partial charge in [0.25, 0.3) is 5.56 Å². The first-order valence-electron chi connectivity index (χ1n) is 4.50. The van der Waals surface area contributed by atoms with E-state index in [1.807, 2.05) is 24.3 Å². The van der Waals surface area contributed by atoms with Gasteiger partial charge < -0.3 is 9.77 Å². The molecule has 1 heterocycles. The van der Waals surface area contributed by atoms with E-state index < -0.39 is 0 Å². The van der Waals surface area contributed by atoms with Crippen molar-refractivity contribution in [3.8, 4) is 0 Å². The first-order chi connectivity index (χ1) is 7.24. The number of oxime groups is 1. The van der Waals surface area contributed by atoms with Crippen LogP contribution in [0.4, 0.5) is 0 Å². The predicted octanol–water partition coefficient (Wildman–Crippen LogP) is 1.35. The molecule has 15 heavy (non-hydrogen) atoms. The molecule has 0 saturated heterocycles. The normalized spacial score (nSPS) is 11.3. The van der Waals surface area contributed by atoms with E-state index in [-0.39, 0.29) is 5.56 Å². The number of rotatable bonds is 1. The molecule has 0 bridgehead atoms. The van der Waals surface area contributed by atoms with Gasteiger partial charge in [-0.25, -0.2) is 0 Å². The van der Waals surface area contributed by atoms with Crippen LogP contribution in [0.15, 0.2) is 40.3 Å². The second-order valence-electron chi connectivity index (χ2n) is 3.26. The van der Waals surface area contributed by atoms with E-state index in [9.17, 15) is 4.79 Å². The Morgan fingerprint density at radius 3 is 2.87 bits per heavy atom. The number of pyridine rings is 1. The highest BCUT2D eigenvalue weighted by Gasteiger charge is 2.03. The molecule has 2 aromatic rings. The summed E-state index contributed by atoms with van der Waals surface area (Å²) in [6.07, 6.45) is 1.27. The standard InChI is InChI=1S/C11H10N2O2/c1-13-10-5-3-2-4-9(10)8(7-12-15)6-11(13)14/h2-7,15H,1H3/b12-7-. The Morgan fingerprint density at radius 2 is 2.13 bits per heavy atom. The zero-order valence-electron chi connectivity index (χ0n) is 8.21. The number of hydrogen-bond acceptors (Lipinski definition) is 3. The molecule has 0 aliphatic rings. The number of aromatic nitrogens is 1. The van der Waals surface area contributed by atoms with Crippen molar-refractivity contribution in [1.29, 1.82) is 0 Å². The number of aryl methyl sites for hydroxylation is 1. The zero-order valence-corrected chi connectivity index (χ0v) is 8.21. The molecule has 0 unspecified atom stereocenters. The molecule has 76 valence electrons. The minimum absolute atomic E-state index is 0.122. The average molecular weight is 202 g/mol. The van der Waals surface area contributed by atoms with Crippen LogP contribution in [0.5, 0.6) is 0 Å². The van der Waals surface area contributed by atoms with E-state index >= 15 is 0 Å². The smallest absolute Gasteiger partial charge is 0.251 e. The molecule has 1 N–H and O–H groups in total. The molecule has 4 heteroatoms. The fourth-order valence-electron chi connectivity index (χ4n) is 1.61. The summed E-state index contributed by atoms with van der Waals surface area (Å²) in [5.41, 5.74) is 1.32. The van der Waals surface area contributed by atoms with Gasteiger partial charge in [0.05, 0.1) is 11.7 Å². The van der Waals surface area contributed by atoms with Crippen LogP contribution < -0.4 is 5.56 Å². The molecule has 0 aliphatic heterocycles. The van der Waals surface area contributed by atoms with Crippen molar-refractivity contribution in [3.05, 3.63) is 46.2 Å². The molecule has 0 fully saturated rings. The summed E-state index contributed by atoms with van der Waals surface area (Å²) in [4.78, 5) is 11.5. The summed E-state index contributed by atoms with van der Waals surface area (Å²) >= 11 is 0. The van der Waals surface area contributed by atoms with Crippen LogP contribution in [-0.4, -0.2) is 16.0 Å². The average Bonchev–Trinajstić information content (AvgIpc) is 2.26. The monoisotopic (exact) mass is 202 g/mol. The molecule has 0 radical (unpaired) electrons. The van der Waals surface area contributed by atoms with E-state index in [2.05, 4.69) is 5.16 Å². The minimum Gasteiger partial charge on any atom is -0.411 e. The Labute approximate surface area is 86.1 Å². The topological polar surface area (TPSA) is 54.6 Å². The summed E-state index contributed by atoms with van der Waals surface area (Å²) < 4.78 is 1.56. The van der Waals surface area contributed by atoms with Crippen LogP contribution in [-0.2, 0) is 7.05 Å². The predicted molar refractivity (Wildman–Crippen MR) is 58.6 cm³/mol. The van der Waals surface area contributed by atoms with Crippen LogP contribution in [0.1, 0.15) is 5.56 Å². The third-order valence-electron chi connectivity index (χ3n) is 2.38. The van der Waals surface area contributed by atoms with E-state index in [0.29, 0.717) is 5.56 Å². The number of nitrogens with zero attached hydrogens (tertiary/aromatic N) is 2. The molecular weight excluding hydrogens is 192 g/mol. The maximum Gasteiger partial charge on any atom is 0.251 e. The molecule has 0 atom stereocenters. The van der Waals surface area contributed by atoms with Crippen molar-refractivity contribution < 1.29 is 5.21 Å². The summed E-state index contributed by atoms with van der Waals surface area (Å²) in [5.74, 6) is 0. The van der Waals surface area contributed by atoms with Gasteiger partial charge in [-0.05, 0) is 6.07 Å². The fourth-order valence-corrected chi connectivity index (χ4v) is 1.61. The Kier molecular flexibility index (Phi) is 2.25. The van der Waals surface area contributed by atoms with Gasteiger partial charge in [-0.3, -0.25) is 4.79 Å². The minimum atomic E-state index is -0.122. The van der Waals surface area contributed by atoms with Gasteiger partial charge in [0, 0.05) is 24.1 Å². The molecule has 1 aromatic heterocycles. The molecule has 0 saturated carbocycles. The molecule has 0 amide bonds. The number of para-hydroxylation sites is 1. The quantitative estimate of drug-likeness (QED) is 0.431. The fraction of sp³-hybridized carbons (Fsp3) is 0.0909. The van der Waals surface area contributed by atoms with Gasteiger partial charge in [0.2, 0.25) is 0 Å². The SMILES string of the molecule is Cn1c(=O)cc(/C=N\O)c2ccccc21. The van der Waals surface area contributed by atoms with Gasteiger partial charge in [0.15, 0.2) is 0 Å². The lowest BCUT2D eigenvalue weighted by molar-refractivity contribution is 0.322. The number of fused-ring (bicyclic) bond motifs is 1. The van der Waals surface area contributed by atoms with Crippen LogP contribution in [0.3, 0.4) is 0 Å². The summed E-state index contributed by atoms with van der Waals surface area (Å²) in [6, 6.07) is 8.92. The molecule has 1 aromatic carbocycles.